The number of rotatable bonds is 3. The van der Waals surface area contributed by atoms with Crippen LogP contribution in [0.25, 0.3) is 0 Å². The molecule has 112 valence electrons. The second-order valence-electron chi connectivity index (χ2n) is 4.43. The Bertz CT molecular complexity index is 633. The van der Waals surface area contributed by atoms with Gasteiger partial charge in [-0.3, -0.25) is 4.98 Å². The van der Waals surface area contributed by atoms with Gasteiger partial charge in [0, 0.05) is 23.4 Å². The third kappa shape index (κ3) is 2.79. The molecular formula is C14H9BrF5N. The summed E-state index contributed by atoms with van der Waals surface area (Å²) < 4.78 is 67.0. The molecule has 7 heteroatoms. The maximum atomic E-state index is 13.8. The van der Waals surface area contributed by atoms with Crippen molar-refractivity contribution in [3.63, 3.8) is 0 Å². The Balaban J connectivity index is 2.52. The van der Waals surface area contributed by atoms with Gasteiger partial charge in [-0.25, -0.2) is 22.0 Å². The molecule has 21 heavy (non-hydrogen) atoms. The summed E-state index contributed by atoms with van der Waals surface area (Å²) in [5.41, 5.74) is -0.437. The lowest BCUT2D eigenvalue weighted by atomic mass is 9.96. The van der Waals surface area contributed by atoms with Crippen molar-refractivity contribution in [2.75, 3.05) is 0 Å². The highest BCUT2D eigenvalue weighted by atomic mass is 79.9. The molecule has 2 unspecified atom stereocenters. The summed E-state index contributed by atoms with van der Waals surface area (Å²) in [6.45, 7) is 1.57. The van der Waals surface area contributed by atoms with E-state index < -0.39 is 45.4 Å². The predicted molar refractivity (Wildman–Crippen MR) is 70.6 cm³/mol. The number of pyridine rings is 1. The maximum absolute atomic E-state index is 13.8. The molecule has 0 fully saturated rings. The van der Waals surface area contributed by atoms with Crippen molar-refractivity contribution in [1.82, 2.24) is 4.98 Å². The number of halogens is 6. The second-order valence-corrected chi connectivity index (χ2v) is 5.42. The highest BCUT2D eigenvalue weighted by molar-refractivity contribution is 9.09. The first kappa shape index (κ1) is 15.9. The third-order valence-corrected chi connectivity index (χ3v) is 4.36. The fourth-order valence-corrected chi connectivity index (χ4v) is 2.58. The molecule has 1 nitrogen and oxygen atoms in total. The van der Waals surface area contributed by atoms with E-state index in [0.29, 0.717) is 5.69 Å². The topological polar surface area (TPSA) is 12.9 Å². The van der Waals surface area contributed by atoms with E-state index in [9.17, 15) is 22.0 Å². The lowest BCUT2D eigenvalue weighted by Gasteiger charge is -2.20. The fraction of sp³-hybridized carbons (Fsp3) is 0.214. The first-order valence-corrected chi connectivity index (χ1v) is 6.84. The van der Waals surface area contributed by atoms with E-state index in [4.69, 9.17) is 0 Å². The highest BCUT2D eigenvalue weighted by Gasteiger charge is 2.32. The second kappa shape index (κ2) is 6.09. The van der Waals surface area contributed by atoms with E-state index in [0.717, 1.165) is 0 Å². The van der Waals surface area contributed by atoms with Crippen LogP contribution >= 0.6 is 15.9 Å². The summed E-state index contributed by atoms with van der Waals surface area (Å²) in [5, 5.41) is 0. The van der Waals surface area contributed by atoms with Crippen molar-refractivity contribution in [1.29, 1.82) is 0 Å². The summed E-state index contributed by atoms with van der Waals surface area (Å²) >= 11 is 3.01. The number of hydrogen-bond donors (Lipinski definition) is 0. The van der Waals surface area contributed by atoms with Crippen LogP contribution in [0.15, 0.2) is 24.4 Å². The average molecular weight is 366 g/mol. The molecule has 1 heterocycles. The molecule has 0 saturated heterocycles. The summed E-state index contributed by atoms with van der Waals surface area (Å²) in [7, 11) is 0. The Kier molecular flexibility index (Phi) is 4.61. The lowest BCUT2D eigenvalue weighted by Crippen LogP contribution is -2.13. The van der Waals surface area contributed by atoms with Gasteiger partial charge in [-0.2, -0.15) is 0 Å². The molecule has 0 spiro atoms. The van der Waals surface area contributed by atoms with E-state index in [1.54, 1.807) is 25.1 Å². The summed E-state index contributed by atoms with van der Waals surface area (Å²) in [6.07, 6.45) is 1.48. The van der Waals surface area contributed by atoms with Gasteiger partial charge in [0.1, 0.15) is 0 Å². The fourth-order valence-electron chi connectivity index (χ4n) is 1.91. The molecule has 0 saturated carbocycles. The summed E-state index contributed by atoms with van der Waals surface area (Å²) in [5.74, 6) is -10.4. The van der Waals surface area contributed by atoms with Crippen LogP contribution in [0.3, 0.4) is 0 Å². The number of aromatic nitrogens is 1. The zero-order chi connectivity index (χ0) is 15.7. The van der Waals surface area contributed by atoms with E-state index >= 15 is 0 Å². The van der Waals surface area contributed by atoms with Gasteiger partial charge in [-0.1, -0.05) is 28.9 Å². The van der Waals surface area contributed by atoms with E-state index in [1.165, 1.54) is 6.20 Å². The molecule has 0 radical (unpaired) electrons. The minimum absolute atomic E-state index is 0.461. The molecule has 2 rings (SSSR count). The van der Waals surface area contributed by atoms with Crippen LogP contribution in [0.4, 0.5) is 22.0 Å². The zero-order valence-electron chi connectivity index (χ0n) is 10.7. The molecule has 0 aliphatic rings. The van der Waals surface area contributed by atoms with Crippen molar-refractivity contribution < 1.29 is 22.0 Å². The predicted octanol–water partition coefficient (Wildman–Crippen LogP) is 5.02. The maximum Gasteiger partial charge on any atom is 0.200 e. The average Bonchev–Trinajstić information content (AvgIpc) is 2.51. The largest absolute Gasteiger partial charge is 0.261 e. The van der Waals surface area contributed by atoms with Crippen molar-refractivity contribution in [3.8, 4) is 0 Å². The molecule has 2 atom stereocenters. The molecule has 0 amide bonds. The molecular weight excluding hydrogens is 357 g/mol. The first-order chi connectivity index (χ1) is 9.86. The number of nitrogens with zero attached hydrogens (tertiary/aromatic N) is 1. The van der Waals surface area contributed by atoms with Crippen LogP contribution in [-0.4, -0.2) is 4.98 Å². The zero-order valence-corrected chi connectivity index (χ0v) is 12.3. The Morgan fingerprint density at radius 2 is 1.43 bits per heavy atom. The van der Waals surface area contributed by atoms with Crippen LogP contribution in [0.5, 0.6) is 0 Å². The van der Waals surface area contributed by atoms with Gasteiger partial charge in [-0.05, 0) is 12.1 Å². The minimum Gasteiger partial charge on any atom is -0.261 e. The van der Waals surface area contributed by atoms with Crippen LogP contribution in [0.1, 0.15) is 28.9 Å². The summed E-state index contributed by atoms with van der Waals surface area (Å²) in [4.78, 5) is 2.90. The van der Waals surface area contributed by atoms with E-state index in [-0.39, 0.29) is 0 Å². The van der Waals surface area contributed by atoms with Gasteiger partial charge >= 0.3 is 0 Å². The first-order valence-electron chi connectivity index (χ1n) is 5.92. The Morgan fingerprint density at radius 3 is 1.90 bits per heavy atom. The minimum atomic E-state index is -2.17. The van der Waals surface area contributed by atoms with Gasteiger partial charge < -0.3 is 0 Å². The molecule has 0 aliphatic carbocycles. The van der Waals surface area contributed by atoms with E-state index in [1.807, 2.05) is 0 Å². The summed E-state index contributed by atoms with van der Waals surface area (Å²) in [6, 6.07) is 4.92. The molecule has 0 aliphatic heterocycles. The Labute approximate surface area is 125 Å². The van der Waals surface area contributed by atoms with Crippen LogP contribution < -0.4 is 0 Å². The monoisotopic (exact) mass is 365 g/mol. The van der Waals surface area contributed by atoms with Gasteiger partial charge in [-0.15, -0.1) is 0 Å². The number of hydrogen-bond acceptors (Lipinski definition) is 1. The molecule has 2 aromatic rings. The SMILES string of the molecule is CC(c1ccccn1)C(Br)c1c(F)c(F)c(F)c(F)c1F. The van der Waals surface area contributed by atoms with Gasteiger partial charge in [0.05, 0.1) is 4.83 Å². The Hall–Kier alpha value is -1.50. The van der Waals surface area contributed by atoms with Crippen molar-refractivity contribution >= 4 is 15.9 Å². The van der Waals surface area contributed by atoms with Crippen LogP contribution in [0.2, 0.25) is 0 Å². The molecule has 0 N–H and O–H groups in total. The van der Waals surface area contributed by atoms with Crippen molar-refractivity contribution in [2.24, 2.45) is 0 Å². The van der Waals surface area contributed by atoms with E-state index in [2.05, 4.69) is 20.9 Å². The smallest absolute Gasteiger partial charge is 0.200 e. The van der Waals surface area contributed by atoms with Gasteiger partial charge in [0.15, 0.2) is 23.3 Å². The van der Waals surface area contributed by atoms with Crippen molar-refractivity contribution in [2.45, 2.75) is 17.7 Å². The van der Waals surface area contributed by atoms with Crippen molar-refractivity contribution in [3.05, 3.63) is 64.7 Å². The van der Waals surface area contributed by atoms with Crippen LogP contribution in [-0.2, 0) is 0 Å². The normalized spacial score (nSPS) is 14.0. The van der Waals surface area contributed by atoms with Gasteiger partial charge in [0.25, 0.3) is 0 Å². The number of alkyl halides is 1. The third-order valence-electron chi connectivity index (χ3n) is 3.11. The molecule has 1 aromatic heterocycles. The van der Waals surface area contributed by atoms with Crippen LogP contribution in [0, 0.1) is 29.1 Å². The number of benzene rings is 1. The Morgan fingerprint density at radius 1 is 0.905 bits per heavy atom. The quantitative estimate of drug-likeness (QED) is 0.322. The highest BCUT2D eigenvalue weighted by Crippen LogP contribution is 2.40. The molecule has 1 aromatic carbocycles. The molecule has 0 bridgehead atoms. The van der Waals surface area contributed by atoms with Gasteiger partial charge in [0.2, 0.25) is 5.82 Å². The standard InChI is InChI=1S/C14H9BrF5N/c1-6(7-4-2-3-5-21-7)9(15)8-10(16)12(18)14(20)13(19)11(8)17/h2-6,9H,1H3. The lowest BCUT2D eigenvalue weighted by molar-refractivity contribution is 0.367.